The summed E-state index contributed by atoms with van der Waals surface area (Å²) >= 11 is 0. The smallest absolute Gasteiger partial charge is 0.335 e. The number of aromatic carboxylic acids is 1. The van der Waals surface area contributed by atoms with Gasteiger partial charge in [-0.1, -0.05) is 13.8 Å². The maximum Gasteiger partial charge on any atom is 0.335 e. The van der Waals surface area contributed by atoms with Gasteiger partial charge in [-0.2, -0.15) is 0 Å². The van der Waals surface area contributed by atoms with Gasteiger partial charge in [0, 0.05) is 11.6 Å². The number of aromatic nitrogens is 1. The van der Waals surface area contributed by atoms with E-state index in [1.54, 1.807) is 18.3 Å². The Kier molecular flexibility index (Phi) is 6.42. The number of nitrogens with two attached hydrogens (primary N) is 1. The van der Waals surface area contributed by atoms with Gasteiger partial charge in [-0.3, -0.25) is 9.20 Å². The molecule has 0 aliphatic carbocycles. The highest BCUT2D eigenvalue weighted by atomic mass is 16.5. The van der Waals surface area contributed by atoms with Gasteiger partial charge in [0.2, 0.25) is 0 Å². The summed E-state index contributed by atoms with van der Waals surface area (Å²) in [4.78, 5) is 22.7. The Labute approximate surface area is 122 Å². The van der Waals surface area contributed by atoms with Gasteiger partial charge in [0.15, 0.2) is 0 Å². The van der Waals surface area contributed by atoms with E-state index in [0.717, 1.165) is 12.5 Å². The lowest BCUT2D eigenvalue weighted by Crippen LogP contribution is -2.15. The van der Waals surface area contributed by atoms with Crippen molar-refractivity contribution in [1.29, 1.82) is 0 Å². The quantitative estimate of drug-likeness (QED) is 0.819. The Bertz CT molecular complexity index is 664. The third-order valence-corrected chi connectivity index (χ3v) is 2.64. The van der Waals surface area contributed by atoms with E-state index in [4.69, 9.17) is 15.6 Å². The van der Waals surface area contributed by atoms with Crippen LogP contribution in [0.25, 0.3) is 5.52 Å². The maximum atomic E-state index is 11.8. The highest BCUT2D eigenvalue weighted by Crippen LogP contribution is 2.13. The molecule has 3 N–H and O–H groups in total. The molecule has 0 amide bonds. The molecule has 0 saturated heterocycles. The second-order valence-corrected chi connectivity index (χ2v) is 4.04. The molecule has 0 aliphatic rings. The van der Waals surface area contributed by atoms with Crippen molar-refractivity contribution in [2.24, 2.45) is 5.73 Å². The molecule has 0 bridgehead atoms. The Morgan fingerprint density at radius 2 is 2.05 bits per heavy atom. The van der Waals surface area contributed by atoms with Gasteiger partial charge in [0.05, 0.1) is 18.4 Å². The SMILES string of the molecule is CC.NCCCOc1ccc2cc(C(=O)O)cc(=O)n2c1. The number of nitrogens with zero attached hydrogens (tertiary/aromatic N) is 1. The number of hydrogen-bond donors (Lipinski definition) is 2. The Morgan fingerprint density at radius 1 is 1.33 bits per heavy atom. The largest absolute Gasteiger partial charge is 0.492 e. The third kappa shape index (κ3) is 4.32. The first-order chi connectivity index (χ1) is 10.1. The topological polar surface area (TPSA) is 94.0 Å². The van der Waals surface area contributed by atoms with E-state index in [9.17, 15) is 9.59 Å². The number of carboxylic acids is 1. The molecule has 0 aliphatic heterocycles. The molecule has 2 heterocycles. The van der Waals surface area contributed by atoms with E-state index in [2.05, 4.69) is 0 Å². The van der Waals surface area contributed by atoms with E-state index in [1.807, 2.05) is 13.8 Å². The first-order valence-corrected chi connectivity index (χ1v) is 6.84. The highest BCUT2D eigenvalue weighted by Gasteiger charge is 2.07. The van der Waals surface area contributed by atoms with Crippen molar-refractivity contribution in [2.75, 3.05) is 13.2 Å². The second kappa shape index (κ2) is 8.06. The summed E-state index contributed by atoms with van der Waals surface area (Å²) in [7, 11) is 0. The molecule has 114 valence electrons. The molecule has 0 fully saturated rings. The fraction of sp³-hybridized carbons (Fsp3) is 0.333. The van der Waals surface area contributed by atoms with E-state index < -0.39 is 11.5 Å². The standard InChI is InChI=1S/C13H14N2O4.C2H6/c14-4-1-5-19-11-3-2-10-6-9(13(17)18)7-12(16)15(10)8-11;1-2/h2-3,6-8H,1,4-5,14H2,(H,17,18);1-2H3. The van der Waals surface area contributed by atoms with Crippen LogP contribution < -0.4 is 16.0 Å². The van der Waals surface area contributed by atoms with E-state index in [1.165, 1.54) is 10.5 Å². The Hall–Kier alpha value is -2.34. The summed E-state index contributed by atoms with van der Waals surface area (Å²) in [5.74, 6) is -0.575. The van der Waals surface area contributed by atoms with Crippen LogP contribution in [0.15, 0.2) is 35.3 Å². The summed E-state index contributed by atoms with van der Waals surface area (Å²) in [5, 5.41) is 8.88. The first kappa shape index (κ1) is 16.7. The molecule has 2 rings (SSSR count). The minimum absolute atomic E-state index is 0.0261. The fourth-order valence-electron chi connectivity index (χ4n) is 1.69. The average molecular weight is 292 g/mol. The zero-order valence-electron chi connectivity index (χ0n) is 12.2. The molecule has 0 unspecified atom stereocenters. The molecule has 6 heteroatoms. The van der Waals surface area contributed by atoms with Gasteiger partial charge in [-0.05, 0) is 31.2 Å². The molecule has 0 atom stereocenters. The number of rotatable bonds is 5. The molecule has 6 nitrogen and oxygen atoms in total. The molecule has 21 heavy (non-hydrogen) atoms. The summed E-state index contributed by atoms with van der Waals surface area (Å²) in [6.45, 7) is 5.01. The van der Waals surface area contributed by atoms with Gasteiger partial charge in [0.25, 0.3) is 5.56 Å². The van der Waals surface area contributed by atoms with Gasteiger partial charge in [0.1, 0.15) is 5.75 Å². The monoisotopic (exact) mass is 292 g/mol. The van der Waals surface area contributed by atoms with E-state index >= 15 is 0 Å². The van der Waals surface area contributed by atoms with Crippen LogP contribution in [0, 0.1) is 0 Å². The zero-order chi connectivity index (χ0) is 15.8. The van der Waals surface area contributed by atoms with Crippen molar-refractivity contribution >= 4 is 11.5 Å². The molecular weight excluding hydrogens is 272 g/mol. The number of pyridine rings is 2. The predicted octanol–water partition coefficient (Wildman–Crippen LogP) is 1.75. The lowest BCUT2D eigenvalue weighted by molar-refractivity contribution is 0.0696. The molecular formula is C15H20N2O4. The number of carboxylic acid groups (broad SMARTS) is 1. The van der Waals surface area contributed by atoms with Crippen LogP contribution >= 0.6 is 0 Å². The van der Waals surface area contributed by atoms with Crippen molar-refractivity contribution in [3.8, 4) is 5.75 Å². The van der Waals surface area contributed by atoms with Gasteiger partial charge >= 0.3 is 5.97 Å². The molecule has 0 saturated carbocycles. The summed E-state index contributed by atoms with van der Waals surface area (Å²) < 4.78 is 6.78. The molecule has 2 aromatic rings. The fourth-order valence-corrected chi connectivity index (χ4v) is 1.69. The molecule has 0 spiro atoms. The summed E-state index contributed by atoms with van der Waals surface area (Å²) in [6, 6.07) is 5.86. The minimum atomic E-state index is -1.12. The Morgan fingerprint density at radius 3 is 2.67 bits per heavy atom. The van der Waals surface area contributed by atoms with Crippen molar-refractivity contribution in [2.45, 2.75) is 20.3 Å². The van der Waals surface area contributed by atoms with Crippen molar-refractivity contribution in [3.63, 3.8) is 0 Å². The van der Waals surface area contributed by atoms with Crippen molar-refractivity contribution in [3.05, 3.63) is 46.4 Å². The molecule has 0 radical (unpaired) electrons. The average Bonchev–Trinajstić information content (AvgIpc) is 2.50. The Balaban J connectivity index is 0.00000106. The predicted molar refractivity (Wildman–Crippen MR) is 81.1 cm³/mol. The van der Waals surface area contributed by atoms with Crippen LogP contribution in [0.3, 0.4) is 0 Å². The number of carbonyl (C=O) groups is 1. The normalized spacial score (nSPS) is 9.86. The van der Waals surface area contributed by atoms with Crippen LogP contribution in [0.5, 0.6) is 5.75 Å². The number of ether oxygens (including phenoxy) is 1. The van der Waals surface area contributed by atoms with E-state index in [-0.39, 0.29) is 5.56 Å². The number of fused-ring (bicyclic) bond motifs is 1. The third-order valence-electron chi connectivity index (χ3n) is 2.64. The first-order valence-electron chi connectivity index (χ1n) is 6.84. The lowest BCUT2D eigenvalue weighted by atomic mass is 10.2. The molecule has 0 aromatic carbocycles. The van der Waals surface area contributed by atoms with Crippen LogP contribution in [-0.2, 0) is 0 Å². The second-order valence-electron chi connectivity index (χ2n) is 4.04. The van der Waals surface area contributed by atoms with E-state index in [0.29, 0.717) is 24.4 Å². The van der Waals surface area contributed by atoms with Crippen molar-refractivity contribution in [1.82, 2.24) is 4.40 Å². The maximum absolute atomic E-state index is 11.8. The van der Waals surface area contributed by atoms with Crippen LogP contribution in [-0.4, -0.2) is 28.6 Å². The highest BCUT2D eigenvalue weighted by molar-refractivity contribution is 5.88. The number of hydrogen-bond acceptors (Lipinski definition) is 4. The summed E-state index contributed by atoms with van der Waals surface area (Å²) in [5.41, 5.74) is 5.44. The van der Waals surface area contributed by atoms with Crippen LogP contribution in [0.1, 0.15) is 30.6 Å². The lowest BCUT2D eigenvalue weighted by Gasteiger charge is -2.07. The van der Waals surface area contributed by atoms with Gasteiger partial charge < -0.3 is 15.6 Å². The van der Waals surface area contributed by atoms with Gasteiger partial charge in [-0.25, -0.2) is 4.79 Å². The minimum Gasteiger partial charge on any atom is -0.492 e. The van der Waals surface area contributed by atoms with Gasteiger partial charge in [-0.15, -0.1) is 0 Å². The zero-order valence-corrected chi connectivity index (χ0v) is 12.2. The van der Waals surface area contributed by atoms with Crippen molar-refractivity contribution < 1.29 is 14.6 Å². The van der Waals surface area contributed by atoms with Crippen LogP contribution in [0.4, 0.5) is 0 Å². The van der Waals surface area contributed by atoms with Crippen LogP contribution in [0.2, 0.25) is 0 Å². The summed E-state index contributed by atoms with van der Waals surface area (Å²) in [6.07, 6.45) is 2.27. The molecule has 2 aromatic heterocycles.